The summed E-state index contributed by atoms with van der Waals surface area (Å²) in [6, 6.07) is -0.00536. The number of carbonyl (C=O) groups excluding carboxylic acids is 1. The Balaban J connectivity index is 1.88. The predicted molar refractivity (Wildman–Crippen MR) is 69.8 cm³/mol. The average Bonchev–Trinajstić information content (AvgIpc) is 2.36. The number of piperidine rings is 1. The number of halogens is 3. The monoisotopic (exact) mass is 292 g/mol. The molecule has 1 saturated heterocycles. The van der Waals surface area contributed by atoms with Crippen molar-refractivity contribution < 1.29 is 18.0 Å². The fourth-order valence-electron chi connectivity index (χ4n) is 3.51. The van der Waals surface area contributed by atoms with Crippen LogP contribution in [0.3, 0.4) is 0 Å². The van der Waals surface area contributed by atoms with E-state index in [0.29, 0.717) is 31.8 Å². The first-order valence-corrected chi connectivity index (χ1v) is 7.38. The van der Waals surface area contributed by atoms with Gasteiger partial charge < -0.3 is 10.6 Å². The van der Waals surface area contributed by atoms with Gasteiger partial charge in [-0.3, -0.25) is 4.79 Å². The Labute approximate surface area is 117 Å². The number of alkyl halides is 3. The summed E-state index contributed by atoms with van der Waals surface area (Å²) in [7, 11) is 0. The summed E-state index contributed by atoms with van der Waals surface area (Å²) in [4.78, 5) is 14.2. The lowest BCUT2D eigenvalue weighted by molar-refractivity contribution is -0.185. The van der Waals surface area contributed by atoms with E-state index < -0.39 is 12.1 Å². The van der Waals surface area contributed by atoms with Crippen molar-refractivity contribution in [2.45, 2.75) is 51.2 Å². The Morgan fingerprint density at radius 1 is 1.15 bits per heavy atom. The van der Waals surface area contributed by atoms with Crippen LogP contribution in [-0.2, 0) is 4.79 Å². The summed E-state index contributed by atoms with van der Waals surface area (Å²) in [5.74, 6) is -1.10. The molecule has 3 nitrogen and oxygen atoms in total. The van der Waals surface area contributed by atoms with Crippen LogP contribution in [-0.4, -0.2) is 36.1 Å². The lowest BCUT2D eigenvalue weighted by Crippen LogP contribution is -2.51. The molecular weight excluding hydrogens is 269 g/mol. The number of amides is 1. The van der Waals surface area contributed by atoms with Crippen LogP contribution in [0.5, 0.6) is 0 Å². The molecule has 116 valence electrons. The Hall–Kier alpha value is -0.780. The van der Waals surface area contributed by atoms with Crippen LogP contribution in [0.2, 0.25) is 0 Å². The molecule has 2 atom stereocenters. The van der Waals surface area contributed by atoms with E-state index in [9.17, 15) is 18.0 Å². The summed E-state index contributed by atoms with van der Waals surface area (Å²) >= 11 is 0. The zero-order valence-corrected chi connectivity index (χ0v) is 11.8. The first-order chi connectivity index (χ1) is 9.27. The minimum Gasteiger partial charge on any atom is -0.341 e. The number of hydrogen-bond donors (Lipinski definition) is 1. The molecule has 2 fully saturated rings. The van der Waals surface area contributed by atoms with Crippen molar-refractivity contribution in [3.8, 4) is 0 Å². The molecule has 2 aliphatic rings. The van der Waals surface area contributed by atoms with E-state index in [4.69, 9.17) is 5.73 Å². The second-order valence-electron chi connectivity index (χ2n) is 6.43. The molecule has 2 rings (SSSR count). The summed E-state index contributed by atoms with van der Waals surface area (Å²) < 4.78 is 37.8. The van der Waals surface area contributed by atoms with E-state index in [2.05, 4.69) is 6.92 Å². The molecule has 6 heteroatoms. The van der Waals surface area contributed by atoms with Gasteiger partial charge in [-0.1, -0.05) is 6.92 Å². The summed E-state index contributed by atoms with van der Waals surface area (Å²) in [6.07, 6.45) is -2.35. The van der Waals surface area contributed by atoms with Crippen LogP contribution in [0, 0.1) is 17.8 Å². The van der Waals surface area contributed by atoms with Crippen molar-refractivity contribution in [1.29, 1.82) is 0 Å². The molecule has 1 amide bonds. The van der Waals surface area contributed by atoms with E-state index in [-0.39, 0.29) is 30.7 Å². The van der Waals surface area contributed by atoms with Crippen LogP contribution < -0.4 is 5.73 Å². The first-order valence-electron chi connectivity index (χ1n) is 7.38. The molecule has 1 saturated carbocycles. The van der Waals surface area contributed by atoms with E-state index in [1.807, 2.05) is 0 Å². The Bertz CT molecular complexity index is 341. The average molecular weight is 292 g/mol. The van der Waals surface area contributed by atoms with Gasteiger partial charge >= 0.3 is 6.18 Å². The van der Waals surface area contributed by atoms with Crippen LogP contribution in [0.25, 0.3) is 0 Å². The molecule has 0 aromatic heterocycles. The topological polar surface area (TPSA) is 46.3 Å². The highest BCUT2D eigenvalue weighted by Crippen LogP contribution is 2.40. The van der Waals surface area contributed by atoms with Gasteiger partial charge in [-0.15, -0.1) is 0 Å². The van der Waals surface area contributed by atoms with Gasteiger partial charge in [0.1, 0.15) is 0 Å². The van der Waals surface area contributed by atoms with Crippen LogP contribution in [0.15, 0.2) is 0 Å². The van der Waals surface area contributed by atoms with Gasteiger partial charge in [0.05, 0.1) is 5.92 Å². The van der Waals surface area contributed by atoms with Crippen LogP contribution in [0.4, 0.5) is 13.2 Å². The highest BCUT2D eigenvalue weighted by atomic mass is 19.4. The van der Waals surface area contributed by atoms with E-state index in [1.165, 1.54) is 0 Å². The standard InChI is InChI=1S/C14H23F3N2O/c1-9-6-12(18)8-19(7-9)13(20)10-2-4-11(5-3-10)14(15,16)17/h9-12H,2-8,18H2,1H3. The largest absolute Gasteiger partial charge is 0.391 e. The maximum Gasteiger partial charge on any atom is 0.391 e. The number of nitrogens with two attached hydrogens (primary N) is 1. The molecule has 2 N–H and O–H groups in total. The van der Waals surface area contributed by atoms with Gasteiger partial charge in [-0.2, -0.15) is 13.2 Å². The van der Waals surface area contributed by atoms with Gasteiger partial charge in [0.25, 0.3) is 0 Å². The lowest BCUT2D eigenvalue weighted by Gasteiger charge is -2.38. The number of likely N-dealkylation sites (tertiary alicyclic amines) is 1. The second-order valence-corrected chi connectivity index (χ2v) is 6.43. The minimum absolute atomic E-state index is 0.00536. The van der Waals surface area contributed by atoms with E-state index in [1.54, 1.807) is 4.90 Å². The van der Waals surface area contributed by atoms with Crippen molar-refractivity contribution in [1.82, 2.24) is 4.90 Å². The fraction of sp³-hybridized carbons (Fsp3) is 0.929. The molecule has 2 unspecified atom stereocenters. The quantitative estimate of drug-likeness (QED) is 0.807. The smallest absolute Gasteiger partial charge is 0.341 e. The van der Waals surface area contributed by atoms with Crippen molar-refractivity contribution in [3.05, 3.63) is 0 Å². The van der Waals surface area contributed by atoms with E-state index in [0.717, 1.165) is 6.42 Å². The van der Waals surface area contributed by atoms with Gasteiger partial charge in [0.2, 0.25) is 5.91 Å². The second kappa shape index (κ2) is 5.92. The zero-order chi connectivity index (χ0) is 14.9. The Kier molecular flexibility index (Phi) is 4.62. The van der Waals surface area contributed by atoms with Gasteiger partial charge in [0, 0.05) is 25.0 Å². The third kappa shape index (κ3) is 3.65. The Morgan fingerprint density at radius 2 is 1.75 bits per heavy atom. The molecule has 0 aromatic rings. The third-order valence-electron chi connectivity index (χ3n) is 4.54. The van der Waals surface area contributed by atoms with Crippen molar-refractivity contribution in [2.75, 3.05) is 13.1 Å². The molecular formula is C14H23F3N2O. The van der Waals surface area contributed by atoms with Crippen LogP contribution in [0.1, 0.15) is 39.0 Å². The number of rotatable bonds is 1. The maximum absolute atomic E-state index is 12.6. The molecule has 1 heterocycles. The molecule has 0 aromatic carbocycles. The third-order valence-corrected chi connectivity index (χ3v) is 4.54. The number of hydrogen-bond acceptors (Lipinski definition) is 2. The molecule has 1 aliphatic heterocycles. The summed E-state index contributed by atoms with van der Waals surface area (Å²) in [6.45, 7) is 3.29. The number of carbonyl (C=O) groups is 1. The normalized spacial score (nSPS) is 36.0. The highest BCUT2D eigenvalue weighted by molar-refractivity contribution is 5.79. The maximum atomic E-state index is 12.6. The lowest BCUT2D eigenvalue weighted by atomic mass is 9.80. The highest BCUT2D eigenvalue weighted by Gasteiger charge is 2.43. The molecule has 0 bridgehead atoms. The molecule has 0 radical (unpaired) electrons. The fourth-order valence-corrected chi connectivity index (χ4v) is 3.51. The first kappa shape index (κ1) is 15.6. The van der Waals surface area contributed by atoms with Gasteiger partial charge in [-0.25, -0.2) is 0 Å². The zero-order valence-electron chi connectivity index (χ0n) is 11.8. The van der Waals surface area contributed by atoms with E-state index >= 15 is 0 Å². The number of nitrogens with zero attached hydrogens (tertiary/aromatic N) is 1. The molecule has 0 spiro atoms. The SMILES string of the molecule is CC1CC(N)CN(C(=O)C2CCC(C(F)(F)F)CC2)C1. The summed E-state index contributed by atoms with van der Waals surface area (Å²) in [5.41, 5.74) is 5.92. The molecule has 20 heavy (non-hydrogen) atoms. The van der Waals surface area contributed by atoms with Gasteiger partial charge in [0.15, 0.2) is 0 Å². The van der Waals surface area contributed by atoms with Crippen molar-refractivity contribution in [2.24, 2.45) is 23.5 Å². The van der Waals surface area contributed by atoms with Crippen LogP contribution >= 0.6 is 0 Å². The predicted octanol–water partition coefficient (Wildman–Crippen LogP) is 2.55. The van der Waals surface area contributed by atoms with Crippen molar-refractivity contribution in [3.63, 3.8) is 0 Å². The van der Waals surface area contributed by atoms with Gasteiger partial charge in [-0.05, 0) is 38.0 Å². The molecule has 1 aliphatic carbocycles. The minimum atomic E-state index is -4.12. The summed E-state index contributed by atoms with van der Waals surface area (Å²) in [5, 5.41) is 0. The van der Waals surface area contributed by atoms with Crippen molar-refractivity contribution >= 4 is 5.91 Å². The Morgan fingerprint density at radius 3 is 2.25 bits per heavy atom.